The van der Waals surface area contributed by atoms with Gasteiger partial charge in [0.1, 0.15) is 23.5 Å². The number of imidazole rings is 1. The van der Waals surface area contributed by atoms with Crippen LogP contribution >= 0.6 is 0 Å². The van der Waals surface area contributed by atoms with Crippen LogP contribution in [0.25, 0.3) is 11.3 Å². The Labute approximate surface area is 98.7 Å². The van der Waals surface area contributed by atoms with Crippen LogP contribution in [0, 0.1) is 0 Å². The molecule has 0 unspecified atom stereocenters. The van der Waals surface area contributed by atoms with E-state index in [4.69, 9.17) is 21.1 Å². The quantitative estimate of drug-likeness (QED) is 0.769. The molecule has 0 bridgehead atoms. The van der Waals surface area contributed by atoms with Gasteiger partial charge in [-0.1, -0.05) is 0 Å². The number of ether oxygens (including phenoxy) is 2. The van der Waals surface area contributed by atoms with Gasteiger partial charge in [-0.2, -0.15) is 0 Å². The largest absolute Gasteiger partial charge is 0.497 e. The zero-order valence-electron chi connectivity index (χ0n) is 9.68. The number of methoxy groups -OCH3 is 2. The average Bonchev–Trinajstić information content (AvgIpc) is 2.69. The molecule has 17 heavy (non-hydrogen) atoms. The maximum atomic E-state index is 5.81. The SMILES string of the molecule is COc1cc(OC)cc(-c2ncn(N)c2N)c1. The number of hydrogen-bond acceptors (Lipinski definition) is 5. The number of benzene rings is 1. The normalized spacial score (nSPS) is 10.2. The third kappa shape index (κ3) is 1.96. The number of aromatic nitrogens is 2. The van der Waals surface area contributed by atoms with E-state index in [2.05, 4.69) is 4.98 Å². The molecule has 2 aromatic rings. The summed E-state index contributed by atoms with van der Waals surface area (Å²) in [5.74, 6) is 7.32. The Hall–Kier alpha value is -2.37. The first-order chi connectivity index (χ1) is 8.15. The highest BCUT2D eigenvalue weighted by Gasteiger charge is 2.11. The second-order valence-electron chi connectivity index (χ2n) is 3.49. The van der Waals surface area contributed by atoms with Crippen LogP contribution in [0.2, 0.25) is 0 Å². The highest BCUT2D eigenvalue weighted by atomic mass is 16.5. The Bertz CT molecular complexity index is 514. The summed E-state index contributed by atoms with van der Waals surface area (Å²) in [5, 5.41) is 0. The van der Waals surface area contributed by atoms with E-state index in [0.29, 0.717) is 23.0 Å². The van der Waals surface area contributed by atoms with Gasteiger partial charge >= 0.3 is 0 Å². The minimum atomic E-state index is 0.389. The summed E-state index contributed by atoms with van der Waals surface area (Å²) in [5.41, 5.74) is 7.21. The monoisotopic (exact) mass is 234 g/mol. The number of nitrogens with zero attached hydrogens (tertiary/aromatic N) is 2. The van der Waals surface area contributed by atoms with Crippen molar-refractivity contribution >= 4 is 5.82 Å². The summed E-state index contributed by atoms with van der Waals surface area (Å²) < 4.78 is 11.6. The number of hydrogen-bond donors (Lipinski definition) is 2. The van der Waals surface area contributed by atoms with Crippen molar-refractivity contribution in [1.82, 2.24) is 9.66 Å². The van der Waals surface area contributed by atoms with Gasteiger partial charge in [-0.25, -0.2) is 9.66 Å². The highest BCUT2D eigenvalue weighted by molar-refractivity contribution is 5.72. The molecule has 4 N–H and O–H groups in total. The van der Waals surface area contributed by atoms with Gasteiger partial charge in [-0.05, 0) is 12.1 Å². The van der Waals surface area contributed by atoms with Crippen molar-refractivity contribution in [2.45, 2.75) is 0 Å². The Kier molecular flexibility index (Phi) is 2.78. The van der Waals surface area contributed by atoms with Crippen molar-refractivity contribution in [2.75, 3.05) is 25.8 Å². The van der Waals surface area contributed by atoms with Crippen LogP contribution in [0.5, 0.6) is 11.5 Å². The molecule has 0 aliphatic heterocycles. The van der Waals surface area contributed by atoms with Crippen LogP contribution in [0.4, 0.5) is 5.82 Å². The van der Waals surface area contributed by atoms with Gasteiger partial charge in [0.2, 0.25) is 0 Å². The smallest absolute Gasteiger partial charge is 0.150 e. The summed E-state index contributed by atoms with van der Waals surface area (Å²) in [6.07, 6.45) is 1.45. The molecular weight excluding hydrogens is 220 g/mol. The van der Waals surface area contributed by atoms with Crippen molar-refractivity contribution in [1.29, 1.82) is 0 Å². The molecule has 0 atom stereocenters. The number of nitrogen functional groups attached to an aromatic ring is 2. The second kappa shape index (κ2) is 4.25. The lowest BCUT2D eigenvalue weighted by molar-refractivity contribution is 0.394. The zero-order chi connectivity index (χ0) is 12.4. The Morgan fingerprint density at radius 2 is 1.71 bits per heavy atom. The van der Waals surface area contributed by atoms with Gasteiger partial charge in [0.25, 0.3) is 0 Å². The number of nitrogens with two attached hydrogens (primary N) is 2. The van der Waals surface area contributed by atoms with E-state index >= 15 is 0 Å². The fraction of sp³-hybridized carbons (Fsp3) is 0.182. The summed E-state index contributed by atoms with van der Waals surface area (Å²) in [6, 6.07) is 5.42. The van der Waals surface area contributed by atoms with E-state index in [0.717, 1.165) is 5.56 Å². The molecule has 6 heteroatoms. The van der Waals surface area contributed by atoms with E-state index < -0.39 is 0 Å². The molecular formula is C11H14N4O2. The van der Waals surface area contributed by atoms with Crippen molar-refractivity contribution in [3.05, 3.63) is 24.5 Å². The van der Waals surface area contributed by atoms with Crippen LogP contribution < -0.4 is 21.1 Å². The second-order valence-corrected chi connectivity index (χ2v) is 3.49. The van der Waals surface area contributed by atoms with Gasteiger partial charge in [0, 0.05) is 11.6 Å². The van der Waals surface area contributed by atoms with E-state index in [1.165, 1.54) is 11.0 Å². The maximum absolute atomic E-state index is 5.81. The summed E-state index contributed by atoms with van der Waals surface area (Å²) in [4.78, 5) is 4.14. The summed E-state index contributed by atoms with van der Waals surface area (Å²) in [7, 11) is 3.17. The maximum Gasteiger partial charge on any atom is 0.150 e. The van der Waals surface area contributed by atoms with Crippen molar-refractivity contribution in [3.63, 3.8) is 0 Å². The van der Waals surface area contributed by atoms with Gasteiger partial charge in [0.15, 0.2) is 5.82 Å². The molecule has 0 fully saturated rings. The van der Waals surface area contributed by atoms with Crippen molar-refractivity contribution < 1.29 is 9.47 Å². The first-order valence-electron chi connectivity index (χ1n) is 4.97. The predicted octanol–water partition coefficient (Wildman–Crippen LogP) is 0.863. The standard InChI is InChI=1S/C11H14N4O2/c1-16-8-3-7(4-9(5-8)17-2)10-11(12)15(13)6-14-10/h3-6H,12-13H2,1-2H3. The lowest BCUT2D eigenvalue weighted by Crippen LogP contribution is -2.10. The fourth-order valence-electron chi connectivity index (χ4n) is 1.54. The minimum Gasteiger partial charge on any atom is -0.497 e. The first-order valence-corrected chi connectivity index (χ1v) is 4.97. The van der Waals surface area contributed by atoms with Gasteiger partial charge in [0.05, 0.1) is 14.2 Å². The Morgan fingerprint density at radius 3 is 2.12 bits per heavy atom. The van der Waals surface area contributed by atoms with E-state index in [1.807, 2.05) is 12.1 Å². The lowest BCUT2D eigenvalue weighted by Gasteiger charge is -2.07. The lowest BCUT2D eigenvalue weighted by atomic mass is 10.1. The molecule has 0 spiro atoms. The van der Waals surface area contributed by atoms with Gasteiger partial charge < -0.3 is 21.1 Å². The van der Waals surface area contributed by atoms with Crippen molar-refractivity contribution in [3.8, 4) is 22.8 Å². The molecule has 1 heterocycles. The molecule has 0 radical (unpaired) electrons. The van der Waals surface area contributed by atoms with E-state index in [9.17, 15) is 0 Å². The predicted molar refractivity (Wildman–Crippen MR) is 65.3 cm³/mol. The average molecular weight is 234 g/mol. The minimum absolute atomic E-state index is 0.389. The molecule has 90 valence electrons. The van der Waals surface area contributed by atoms with E-state index in [-0.39, 0.29) is 0 Å². The molecule has 0 amide bonds. The molecule has 1 aromatic heterocycles. The van der Waals surface area contributed by atoms with Crippen LogP contribution in [0.3, 0.4) is 0 Å². The van der Waals surface area contributed by atoms with Crippen LogP contribution in [0.1, 0.15) is 0 Å². The van der Waals surface area contributed by atoms with Crippen molar-refractivity contribution in [2.24, 2.45) is 0 Å². The Balaban J connectivity index is 2.54. The third-order valence-corrected chi connectivity index (χ3v) is 2.46. The molecule has 1 aromatic carbocycles. The topological polar surface area (TPSA) is 88.3 Å². The fourth-order valence-corrected chi connectivity index (χ4v) is 1.54. The van der Waals surface area contributed by atoms with Crippen LogP contribution in [-0.4, -0.2) is 23.9 Å². The first kappa shape index (κ1) is 11.1. The molecule has 6 nitrogen and oxygen atoms in total. The summed E-state index contributed by atoms with van der Waals surface area (Å²) in [6.45, 7) is 0. The highest BCUT2D eigenvalue weighted by Crippen LogP contribution is 2.31. The number of rotatable bonds is 3. The third-order valence-electron chi connectivity index (χ3n) is 2.46. The molecule has 0 saturated heterocycles. The summed E-state index contributed by atoms with van der Waals surface area (Å²) >= 11 is 0. The molecule has 0 aliphatic rings. The molecule has 0 saturated carbocycles. The number of anilines is 1. The van der Waals surface area contributed by atoms with Gasteiger partial charge in [-0.3, -0.25) is 0 Å². The Morgan fingerprint density at radius 1 is 1.12 bits per heavy atom. The zero-order valence-corrected chi connectivity index (χ0v) is 9.68. The molecule has 0 aliphatic carbocycles. The van der Waals surface area contributed by atoms with Crippen LogP contribution in [-0.2, 0) is 0 Å². The van der Waals surface area contributed by atoms with Gasteiger partial charge in [-0.15, -0.1) is 0 Å². The van der Waals surface area contributed by atoms with Crippen LogP contribution in [0.15, 0.2) is 24.5 Å². The van der Waals surface area contributed by atoms with E-state index in [1.54, 1.807) is 20.3 Å². The molecule has 2 rings (SSSR count).